The molecule has 0 amide bonds. The van der Waals surface area contributed by atoms with Gasteiger partial charge in [-0.2, -0.15) is 0 Å². The van der Waals surface area contributed by atoms with Crippen molar-refractivity contribution < 1.29 is 9.53 Å². The lowest BCUT2D eigenvalue weighted by Gasteiger charge is -2.27. The minimum absolute atomic E-state index is 0.0304. The standard InChI is InChI=1S/C15H20O2/c1-9-6-11(15(3,4)5)7-12-13(16)10(2)8-17-14(9)12/h6-7,10H,8H2,1-5H3. The summed E-state index contributed by atoms with van der Waals surface area (Å²) in [5.74, 6) is 0.957. The number of ketones is 1. The molecule has 17 heavy (non-hydrogen) atoms. The first kappa shape index (κ1) is 12.2. The Morgan fingerprint density at radius 1 is 1.29 bits per heavy atom. The fourth-order valence-corrected chi connectivity index (χ4v) is 2.13. The van der Waals surface area contributed by atoms with Gasteiger partial charge in [-0.3, -0.25) is 4.79 Å². The summed E-state index contributed by atoms with van der Waals surface area (Å²) in [6, 6.07) is 4.13. The van der Waals surface area contributed by atoms with Crippen molar-refractivity contribution in [2.45, 2.75) is 40.0 Å². The first-order valence-electron chi connectivity index (χ1n) is 6.13. The third-order valence-corrected chi connectivity index (χ3v) is 3.33. The van der Waals surface area contributed by atoms with Crippen LogP contribution in [0.15, 0.2) is 12.1 Å². The second-order valence-corrected chi connectivity index (χ2v) is 6.00. The molecule has 0 aromatic heterocycles. The first-order valence-corrected chi connectivity index (χ1v) is 6.13. The van der Waals surface area contributed by atoms with Crippen molar-refractivity contribution in [2.24, 2.45) is 5.92 Å². The summed E-state index contributed by atoms with van der Waals surface area (Å²) in [5, 5.41) is 0. The van der Waals surface area contributed by atoms with Crippen LogP contribution in [0.4, 0.5) is 0 Å². The van der Waals surface area contributed by atoms with Crippen LogP contribution in [-0.4, -0.2) is 12.4 Å². The molecule has 2 rings (SSSR count). The van der Waals surface area contributed by atoms with Crippen LogP contribution < -0.4 is 4.74 Å². The van der Waals surface area contributed by atoms with Crippen LogP contribution >= 0.6 is 0 Å². The molecule has 0 saturated heterocycles. The normalized spacial score (nSPS) is 19.8. The van der Waals surface area contributed by atoms with Crippen LogP contribution in [0.1, 0.15) is 49.2 Å². The number of fused-ring (bicyclic) bond motifs is 1. The van der Waals surface area contributed by atoms with Crippen LogP contribution in [0.3, 0.4) is 0 Å². The van der Waals surface area contributed by atoms with Gasteiger partial charge in [0.15, 0.2) is 5.78 Å². The summed E-state index contributed by atoms with van der Waals surface area (Å²) < 4.78 is 5.68. The number of carbonyl (C=O) groups is 1. The highest BCUT2D eigenvalue weighted by atomic mass is 16.5. The van der Waals surface area contributed by atoms with Crippen molar-refractivity contribution in [3.63, 3.8) is 0 Å². The molecule has 1 aromatic carbocycles. The van der Waals surface area contributed by atoms with E-state index in [1.807, 2.05) is 19.9 Å². The van der Waals surface area contributed by atoms with E-state index in [1.165, 1.54) is 5.56 Å². The van der Waals surface area contributed by atoms with Crippen molar-refractivity contribution in [3.05, 3.63) is 28.8 Å². The molecule has 1 heterocycles. The number of benzene rings is 1. The van der Waals surface area contributed by atoms with Gasteiger partial charge in [-0.1, -0.05) is 33.8 Å². The number of hydrogen-bond acceptors (Lipinski definition) is 2. The molecule has 1 atom stereocenters. The smallest absolute Gasteiger partial charge is 0.172 e. The molecule has 2 heteroatoms. The molecular weight excluding hydrogens is 212 g/mol. The monoisotopic (exact) mass is 232 g/mol. The van der Waals surface area contributed by atoms with E-state index < -0.39 is 0 Å². The third-order valence-electron chi connectivity index (χ3n) is 3.33. The lowest BCUT2D eigenvalue weighted by molar-refractivity contribution is 0.0847. The molecular formula is C15H20O2. The maximum atomic E-state index is 12.2. The molecule has 92 valence electrons. The van der Waals surface area contributed by atoms with Crippen molar-refractivity contribution in [1.29, 1.82) is 0 Å². The zero-order valence-electron chi connectivity index (χ0n) is 11.3. The molecule has 2 nitrogen and oxygen atoms in total. The highest BCUT2D eigenvalue weighted by molar-refractivity contribution is 6.01. The number of aryl methyl sites for hydroxylation is 1. The van der Waals surface area contributed by atoms with E-state index >= 15 is 0 Å². The van der Waals surface area contributed by atoms with Crippen molar-refractivity contribution in [1.82, 2.24) is 0 Å². The van der Waals surface area contributed by atoms with Crippen LogP contribution in [0.2, 0.25) is 0 Å². The van der Waals surface area contributed by atoms with Gasteiger partial charge in [-0.25, -0.2) is 0 Å². The molecule has 0 aliphatic carbocycles. The summed E-state index contributed by atoms with van der Waals surface area (Å²) in [6.45, 7) is 10.9. The van der Waals surface area contributed by atoms with Crippen LogP contribution in [-0.2, 0) is 5.41 Å². The number of hydrogen-bond donors (Lipinski definition) is 0. The van der Waals surface area contributed by atoms with Crippen molar-refractivity contribution in [3.8, 4) is 5.75 Å². The van der Waals surface area contributed by atoms with Crippen molar-refractivity contribution >= 4 is 5.78 Å². The first-order chi connectivity index (χ1) is 7.80. The minimum atomic E-state index is -0.0304. The van der Waals surface area contributed by atoms with Gasteiger partial charge in [0.25, 0.3) is 0 Å². The lowest BCUT2D eigenvalue weighted by atomic mass is 9.83. The molecule has 0 N–H and O–H groups in total. The Bertz CT molecular complexity index is 467. The summed E-state index contributed by atoms with van der Waals surface area (Å²) in [6.07, 6.45) is 0. The van der Waals surface area contributed by atoms with Gasteiger partial charge in [-0.05, 0) is 29.5 Å². The van der Waals surface area contributed by atoms with Gasteiger partial charge in [0.05, 0.1) is 18.1 Å². The molecule has 0 radical (unpaired) electrons. The molecule has 1 unspecified atom stereocenters. The summed E-state index contributed by atoms with van der Waals surface area (Å²) in [7, 11) is 0. The molecule has 1 aliphatic rings. The largest absolute Gasteiger partial charge is 0.492 e. The fourth-order valence-electron chi connectivity index (χ4n) is 2.13. The quantitative estimate of drug-likeness (QED) is 0.684. The summed E-state index contributed by atoms with van der Waals surface area (Å²) in [4.78, 5) is 12.2. The highest BCUT2D eigenvalue weighted by Crippen LogP contribution is 2.35. The molecule has 1 aliphatic heterocycles. The predicted octanol–water partition coefficient (Wildman–Crippen LogP) is 3.50. The average Bonchev–Trinajstić information content (AvgIpc) is 2.22. The van der Waals surface area contributed by atoms with Gasteiger partial charge in [0, 0.05) is 0 Å². The number of Topliss-reactive ketones (excluding diaryl/α,β-unsaturated/α-hetero) is 1. The van der Waals surface area contributed by atoms with E-state index in [-0.39, 0.29) is 17.1 Å². The maximum Gasteiger partial charge on any atom is 0.172 e. The number of carbonyl (C=O) groups excluding carboxylic acids is 1. The summed E-state index contributed by atoms with van der Waals surface area (Å²) >= 11 is 0. The number of rotatable bonds is 0. The van der Waals surface area contributed by atoms with E-state index in [0.29, 0.717) is 6.61 Å². The molecule has 0 bridgehead atoms. The second kappa shape index (κ2) is 3.86. The van der Waals surface area contributed by atoms with Gasteiger partial charge in [-0.15, -0.1) is 0 Å². The van der Waals surface area contributed by atoms with Crippen LogP contribution in [0, 0.1) is 12.8 Å². The zero-order chi connectivity index (χ0) is 12.8. The second-order valence-electron chi connectivity index (χ2n) is 6.00. The van der Waals surface area contributed by atoms with E-state index in [4.69, 9.17) is 4.74 Å². The zero-order valence-corrected chi connectivity index (χ0v) is 11.3. The predicted molar refractivity (Wildman–Crippen MR) is 68.9 cm³/mol. The Hall–Kier alpha value is -1.31. The van der Waals surface area contributed by atoms with E-state index in [1.54, 1.807) is 0 Å². The Kier molecular flexibility index (Phi) is 2.76. The van der Waals surface area contributed by atoms with Crippen molar-refractivity contribution in [2.75, 3.05) is 6.61 Å². The maximum absolute atomic E-state index is 12.2. The van der Waals surface area contributed by atoms with Crippen LogP contribution in [0.5, 0.6) is 5.75 Å². The topological polar surface area (TPSA) is 26.3 Å². The lowest BCUT2D eigenvalue weighted by Crippen LogP contribution is -2.26. The summed E-state index contributed by atoms with van der Waals surface area (Å²) in [5.41, 5.74) is 3.07. The van der Waals surface area contributed by atoms with Crippen LogP contribution in [0.25, 0.3) is 0 Å². The van der Waals surface area contributed by atoms with E-state index in [9.17, 15) is 4.79 Å². The molecule has 0 saturated carbocycles. The van der Waals surface area contributed by atoms with Gasteiger partial charge < -0.3 is 4.74 Å². The molecule has 1 aromatic rings. The third kappa shape index (κ3) is 2.08. The van der Waals surface area contributed by atoms with Gasteiger partial charge in [0.1, 0.15) is 5.75 Å². The van der Waals surface area contributed by atoms with Gasteiger partial charge in [0.2, 0.25) is 0 Å². The molecule has 0 spiro atoms. The molecule has 0 fully saturated rings. The average molecular weight is 232 g/mol. The van der Waals surface area contributed by atoms with E-state index in [0.717, 1.165) is 16.9 Å². The Morgan fingerprint density at radius 3 is 2.53 bits per heavy atom. The Morgan fingerprint density at radius 2 is 1.94 bits per heavy atom. The van der Waals surface area contributed by atoms with Gasteiger partial charge >= 0.3 is 0 Å². The Balaban J connectivity index is 2.59. The Labute approximate surface area is 103 Å². The fraction of sp³-hybridized carbons (Fsp3) is 0.533. The number of ether oxygens (including phenoxy) is 1. The SMILES string of the molecule is Cc1cc(C(C)(C)C)cc2c1OCC(C)C2=O. The minimum Gasteiger partial charge on any atom is -0.492 e. The highest BCUT2D eigenvalue weighted by Gasteiger charge is 2.28. The van der Waals surface area contributed by atoms with E-state index in [2.05, 4.69) is 26.8 Å².